The van der Waals surface area contributed by atoms with Gasteiger partial charge in [0.25, 0.3) is 0 Å². The summed E-state index contributed by atoms with van der Waals surface area (Å²) in [5, 5.41) is 23.8. The molecule has 4 nitrogen and oxygen atoms in total. The molecule has 0 radical (unpaired) electrons. The number of para-hydroxylation sites is 2. The second-order valence-corrected chi connectivity index (χ2v) is 12.4. The van der Waals surface area contributed by atoms with Crippen LogP contribution < -0.4 is 0 Å². The summed E-state index contributed by atoms with van der Waals surface area (Å²) in [6, 6.07) is 44.0. The van der Waals surface area contributed by atoms with Gasteiger partial charge in [0.2, 0.25) is 0 Å². The molecular formula is C41H25N3O. The van der Waals surface area contributed by atoms with Crippen LogP contribution in [0.4, 0.5) is 0 Å². The third kappa shape index (κ3) is 3.34. The van der Waals surface area contributed by atoms with Gasteiger partial charge >= 0.3 is 0 Å². The minimum atomic E-state index is -0.121. The molecule has 8 aromatic rings. The summed E-state index contributed by atoms with van der Waals surface area (Å²) in [5.41, 5.74) is 12.6. The van der Waals surface area contributed by atoms with E-state index in [1.54, 1.807) is 0 Å². The van der Waals surface area contributed by atoms with Crippen molar-refractivity contribution in [2.75, 3.05) is 0 Å². The van der Waals surface area contributed by atoms with E-state index in [-0.39, 0.29) is 5.41 Å². The first kappa shape index (κ1) is 25.4. The van der Waals surface area contributed by atoms with E-state index >= 15 is 0 Å². The van der Waals surface area contributed by atoms with Crippen LogP contribution in [0.3, 0.4) is 0 Å². The maximum Gasteiger partial charge on any atom is 0.143 e. The minimum absolute atomic E-state index is 0.121. The summed E-state index contributed by atoms with van der Waals surface area (Å²) < 4.78 is 9.16. The number of nitrogens with zero attached hydrogens (tertiary/aromatic N) is 3. The highest BCUT2D eigenvalue weighted by molar-refractivity contribution is 6.15. The van der Waals surface area contributed by atoms with Gasteiger partial charge in [-0.15, -0.1) is 0 Å². The molecule has 0 unspecified atom stereocenters. The van der Waals surface area contributed by atoms with Crippen molar-refractivity contribution < 1.29 is 4.42 Å². The van der Waals surface area contributed by atoms with Crippen molar-refractivity contribution in [1.82, 2.24) is 4.57 Å². The maximum absolute atomic E-state index is 9.98. The molecule has 2 heterocycles. The zero-order valence-corrected chi connectivity index (χ0v) is 24.7. The van der Waals surface area contributed by atoms with Gasteiger partial charge in [-0.25, -0.2) is 0 Å². The zero-order chi connectivity index (χ0) is 30.4. The molecule has 45 heavy (non-hydrogen) atoms. The SMILES string of the molecule is CC1(C)c2ccccc2-c2c1ccc1c2oc2c(-c3ccc(C#N)cc3-n3c4ccccc4c4cc(C#N)ccc43)cccc21. The highest BCUT2D eigenvalue weighted by atomic mass is 16.3. The van der Waals surface area contributed by atoms with Crippen molar-refractivity contribution in [1.29, 1.82) is 10.5 Å². The largest absolute Gasteiger partial charge is 0.455 e. The van der Waals surface area contributed by atoms with E-state index in [1.165, 1.54) is 22.3 Å². The lowest BCUT2D eigenvalue weighted by Crippen LogP contribution is -2.14. The second-order valence-electron chi connectivity index (χ2n) is 12.4. The Balaban J connectivity index is 1.37. The van der Waals surface area contributed by atoms with Crippen molar-refractivity contribution >= 4 is 43.7 Å². The summed E-state index contributed by atoms with van der Waals surface area (Å²) in [6.45, 7) is 4.57. The fraction of sp³-hybridized carbons (Fsp3) is 0.0732. The fourth-order valence-electron chi connectivity index (χ4n) is 7.57. The van der Waals surface area contributed by atoms with Crippen LogP contribution in [0.1, 0.15) is 36.1 Å². The maximum atomic E-state index is 9.98. The molecule has 0 aliphatic heterocycles. The number of rotatable bonds is 2. The van der Waals surface area contributed by atoms with E-state index < -0.39 is 0 Å². The Labute approximate surface area is 259 Å². The van der Waals surface area contributed by atoms with Gasteiger partial charge in [-0.2, -0.15) is 10.5 Å². The Morgan fingerprint density at radius 3 is 2.11 bits per heavy atom. The third-order valence-corrected chi connectivity index (χ3v) is 9.67. The Morgan fingerprint density at radius 1 is 0.556 bits per heavy atom. The quantitative estimate of drug-likeness (QED) is 0.206. The van der Waals surface area contributed by atoms with E-state index in [0.717, 1.165) is 60.6 Å². The summed E-state index contributed by atoms with van der Waals surface area (Å²) in [7, 11) is 0. The van der Waals surface area contributed by atoms with Crippen molar-refractivity contribution in [2.24, 2.45) is 0 Å². The van der Waals surface area contributed by atoms with Crippen molar-refractivity contribution in [3.8, 4) is 40.1 Å². The highest BCUT2D eigenvalue weighted by Crippen LogP contribution is 2.53. The predicted molar refractivity (Wildman–Crippen MR) is 180 cm³/mol. The third-order valence-electron chi connectivity index (χ3n) is 9.67. The van der Waals surface area contributed by atoms with Gasteiger partial charge in [0.1, 0.15) is 11.2 Å². The van der Waals surface area contributed by atoms with Gasteiger partial charge in [-0.3, -0.25) is 0 Å². The average molecular weight is 576 g/mol. The number of fused-ring (bicyclic) bond motifs is 10. The zero-order valence-electron chi connectivity index (χ0n) is 24.7. The Bertz CT molecular complexity index is 2650. The normalized spacial score (nSPS) is 13.2. The molecule has 0 atom stereocenters. The molecule has 0 bridgehead atoms. The highest BCUT2D eigenvalue weighted by Gasteiger charge is 2.37. The van der Waals surface area contributed by atoms with Gasteiger partial charge in [-0.05, 0) is 53.1 Å². The van der Waals surface area contributed by atoms with E-state index in [2.05, 4.69) is 97.3 Å². The smallest absolute Gasteiger partial charge is 0.143 e. The number of furan rings is 1. The van der Waals surface area contributed by atoms with E-state index in [9.17, 15) is 10.5 Å². The van der Waals surface area contributed by atoms with E-state index in [0.29, 0.717) is 11.1 Å². The van der Waals surface area contributed by atoms with Gasteiger partial charge in [0.15, 0.2) is 0 Å². The first-order valence-corrected chi connectivity index (χ1v) is 15.1. The molecule has 0 spiro atoms. The van der Waals surface area contributed by atoms with Crippen molar-refractivity contribution in [2.45, 2.75) is 19.3 Å². The Hall–Kier alpha value is -6.10. The first-order chi connectivity index (χ1) is 22.0. The van der Waals surface area contributed by atoms with Crippen LogP contribution in [0.15, 0.2) is 120 Å². The molecule has 0 saturated heterocycles. The summed E-state index contributed by atoms with van der Waals surface area (Å²) >= 11 is 0. The van der Waals surface area contributed by atoms with Crippen LogP contribution in [-0.2, 0) is 5.41 Å². The van der Waals surface area contributed by atoms with Crippen molar-refractivity contribution in [3.63, 3.8) is 0 Å². The second kappa shape index (κ2) is 8.96. The fourth-order valence-corrected chi connectivity index (χ4v) is 7.57. The lowest BCUT2D eigenvalue weighted by Gasteiger charge is -2.21. The molecule has 2 aromatic heterocycles. The standard InChI is InChI=1S/C41H25N3O/c1-41(2)33-12-5-3-9-31(33)38-34(41)18-17-30-29-11-7-10-28(39(29)45-40(30)38)27-16-14-25(23-43)21-37(27)44-35-13-6-4-8-26(35)32-20-24(22-42)15-19-36(32)44/h3-21H,1-2H3. The van der Waals surface area contributed by atoms with Crippen molar-refractivity contribution in [3.05, 3.63) is 138 Å². The van der Waals surface area contributed by atoms with E-state index in [4.69, 9.17) is 4.42 Å². The monoisotopic (exact) mass is 575 g/mol. The van der Waals surface area contributed by atoms with Gasteiger partial charge in [-0.1, -0.05) is 92.7 Å². The van der Waals surface area contributed by atoms with Crippen LogP contribution in [0, 0.1) is 22.7 Å². The van der Waals surface area contributed by atoms with Crippen LogP contribution >= 0.6 is 0 Å². The van der Waals surface area contributed by atoms with Crippen LogP contribution in [0.25, 0.3) is 71.7 Å². The lowest BCUT2D eigenvalue weighted by molar-refractivity contribution is 0.653. The number of aromatic nitrogens is 1. The summed E-state index contributed by atoms with van der Waals surface area (Å²) in [4.78, 5) is 0. The minimum Gasteiger partial charge on any atom is -0.455 e. The van der Waals surface area contributed by atoms with Crippen LogP contribution in [0.2, 0.25) is 0 Å². The Kier molecular flexibility index (Phi) is 5.06. The predicted octanol–water partition coefficient (Wildman–Crippen LogP) is 10.4. The van der Waals surface area contributed by atoms with Crippen LogP contribution in [0.5, 0.6) is 0 Å². The van der Waals surface area contributed by atoms with Crippen LogP contribution in [-0.4, -0.2) is 4.57 Å². The molecule has 1 aliphatic rings. The number of benzene rings is 6. The molecule has 0 saturated carbocycles. The molecule has 4 heteroatoms. The number of hydrogen-bond donors (Lipinski definition) is 0. The number of nitriles is 2. The first-order valence-electron chi connectivity index (χ1n) is 15.1. The van der Waals surface area contributed by atoms with Gasteiger partial charge < -0.3 is 8.98 Å². The summed E-state index contributed by atoms with van der Waals surface area (Å²) in [6.07, 6.45) is 0. The number of hydrogen-bond acceptors (Lipinski definition) is 3. The summed E-state index contributed by atoms with van der Waals surface area (Å²) in [5.74, 6) is 0. The van der Waals surface area contributed by atoms with E-state index in [1.807, 2.05) is 48.5 Å². The van der Waals surface area contributed by atoms with Gasteiger partial charge in [0.05, 0.1) is 40.0 Å². The molecule has 0 fully saturated rings. The van der Waals surface area contributed by atoms with Gasteiger partial charge in [0, 0.05) is 43.7 Å². The molecule has 6 aromatic carbocycles. The molecule has 9 rings (SSSR count). The Morgan fingerprint density at radius 2 is 1.24 bits per heavy atom. The molecule has 0 N–H and O–H groups in total. The molecule has 210 valence electrons. The molecular weight excluding hydrogens is 550 g/mol. The molecule has 0 amide bonds. The lowest BCUT2D eigenvalue weighted by atomic mass is 9.82. The molecule has 1 aliphatic carbocycles. The average Bonchev–Trinajstić information content (AvgIpc) is 3.70. The topological polar surface area (TPSA) is 65.7 Å².